The highest BCUT2D eigenvalue weighted by molar-refractivity contribution is 7.15. The Balaban J connectivity index is 1.74. The van der Waals surface area contributed by atoms with Crippen LogP contribution in [0.4, 0.5) is 9.39 Å². The standard InChI is InChI=1S/C24H30FNO3S/c1-3-5-6-16-7-9-18(10-8-16)22(27)26-23-21(24(28)29-4-2)20(15-30-23)17-11-13-19(25)14-12-17/h11-16,18H,3-10H2,1-2H3,(H,26,27). The third-order valence-electron chi connectivity index (χ3n) is 5.85. The summed E-state index contributed by atoms with van der Waals surface area (Å²) in [5.74, 6) is -0.126. The van der Waals surface area contributed by atoms with Gasteiger partial charge >= 0.3 is 5.97 Å². The molecule has 3 rings (SSSR count). The van der Waals surface area contributed by atoms with Crippen molar-refractivity contribution in [3.05, 3.63) is 41.0 Å². The predicted molar refractivity (Wildman–Crippen MR) is 119 cm³/mol. The van der Waals surface area contributed by atoms with Crippen molar-refractivity contribution in [1.29, 1.82) is 0 Å². The summed E-state index contributed by atoms with van der Waals surface area (Å²) >= 11 is 1.31. The average molecular weight is 432 g/mol. The summed E-state index contributed by atoms with van der Waals surface area (Å²) in [7, 11) is 0. The molecule has 1 saturated carbocycles. The normalized spacial score (nSPS) is 18.8. The number of thiophene rings is 1. The summed E-state index contributed by atoms with van der Waals surface area (Å²) in [6.07, 6.45) is 7.69. The molecule has 6 heteroatoms. The van der Waals surface area contributed by atoms with Gasteiger partial charge in [0.15, 0.2) is 0 Å². The molecule has 1 amide bonds. The van der Waals surface area contributed by atoms with Crippen LogP contribution >= 0.6 is 11.3 Å². The molecule has 1 fully saturated rings. The third kappa shape index (κ3) is 5.48. The van der Waals surface area contributed by atoms with E-state index in [9.17, 15) is 14.0 Å². The Labute approximate surface area is 181 Å². The Morgan fingerprint density at radius 3 is 2.47 bits per heavy atom. The molecule has 0 saturated heterocycles. The van der Waals surface area contributed by atoms with E-state index in [0.29, 0.717) is 21.7 Å². The number of carbonyl (C=O) groups is 2. The molecule has 2 aromatic rings. The molecule has 1 aliphatic carbocycles. The monoisotopic (exact) mass is 431 g/mol. The second-order valence-electron chi connectivity index (χ2n) is 7.93. The molecule has 1 aliphatic rings. The first kappa shape index (κ1) is 22.5. The first-order valence-electron chi connectivity index (χ1n) is 10.9. The molecule has 1 aromatic carbocycles. The molecular weight excluding hydrogens is 401 g/mol. The number of halogens is 1. The van der Waals surface area contributed by atoms with Gasteiger partial charge in [-0.25, -0.2) is 9.18 Å². The minimum Gasteiger partial charge on any atom is -0.462 e. The number of anilines is 1. The van der Waals surface area contributed by atoms with Crippen LogP contribution in [0.15, 0.2) is 29.6 Å². The molecule has 4 nitrogen and oxygen atoms in total. The molecule has 0 spiro atoms. The molecule has 0 radical (unpaired) electrons. The van der Waals surface area contributed by atoms with Gasteiger partial charge in [-0.3, -0.25) is 4.79 Å². The largest absolute Gasteiger partial charge is 0.462 e. The van der Waals surface area contributed by atoms with Gasteiger partial charge in [-0.05, 0) is 56.2 Å². The van der Waals surface area contributed by atoms with Gasteiger partial charge in [-0.15, -0.1) is 11.3 Å². The molecule has 0 atom stereocenters. The number of rotatable bonds is 8. The van der Waals surface area contributed by atoms with Crippen LogP contribution < -0.4 is 5.32 Å². The molecule has 162 valence electrons. The maximum atomic E-state index is 13.3. The number of ether oxygens (including phenoxy) is 1. The van der Waals surface area contributed by atoms with E-state index in [2.05, 4.69) is 12.2 Å². The number of esters is 1. The van der Waals surface area contributed by atoms with E-state index >= 15 is 0 Å². The summed E-state index contributed by atoms with van der Waals surface area (Å²) in [5, 5.41) is 5.31. The van der Waals surface area contributed by atoms with Gasteiger partial charge < -0.3 is 10.1 Å². The first-order valence-corrected chi connectivity index (χ1v) is 11.8. The topological polar surface area (TPSA) is 55.4 Å². The quantitative estimate of drug-likeness (QED) is 0.475. The lowest BCUT2D eigenvalue weighted by Crippen LogP contribution is -2.27. The van der Waals surface area contributed by atoms with Gasteiger partial charge in [0.2, 0.25) is 5.91 Å². The Kier molecular flexibility index (Phi) is 8.02. The van der Waals surface area contributed by atoms with Crippen molar-refractivity contribution in [2.45, 2.75) is 58.8 Å². The maximum Gasteiger partial charge on any atom is 0.341 e. The fourth-order valence-corrected chi connectivity index (χ4v) is 5.08. The highest BCUT2D eigenvalue weighted by Crippen LogP contribution is 2.38. The van der Waals surface area contributed by atoms with E-state index in [1.165, 1.54) is 42.7 Å². The summed E-state index contributed by atoms with van der Waals surface area (Å²) < 4.78 is 18.5. The Morgan fingerprint density at radius 1 is 1.13 bits per heavy atom. The van der Waals surface area contributed by atoms with E-state index < -0.39 is 5.97 Å². The number of carbonyl (C=O) groups excluding carboxylic acids is 2. The lowest BCUT2D eigenvalue weighted by Gasteiger charge is -2.27. The van der Waals surface area contributed by atoms with E-state index in [4.69, 9.17) is 4.74 Å². The van der Waals surface area contributed by atoms with E-state index in [-0.39, 0.29) is 24.2 Å². The second-order valence-corrected chi connectivity index (χ2v) is 8.81. The van der Waals surface area contributed by atoms with Crippen LogP contribution in [-0.4, -0.2) is 18.5 Å². The summed E-state index contributed by atoms with van der Waals surface area (Å²) in [6.45, 7) is 4.20. The fraction of sp³-hybridized carbons (Fsp3) is 0.500. The molecule has 1 heterocycles. The van der Waals surface area contributed by atoms with Crippen molar-refractivity contribution in [2.24, 2.45) is 11.8 Å². The number of amides is 1. The molecule has 0 aliphatic heterocycles. The fourth-order valence-electron chi connectivity index (χ4n) is 4.12. The zero-order chi connectivity index (χ0) is 21.5. The van der Waals surface area contributed by atoms with Crippen LogP contribution in [-0.2, 0) is 9.53 Å². The Hall–Kier alpha value is -2.21. The zero-order valence-corrected chi connectivity index (χ0v) is 18.5. The Morgan fingerprint density at radius 2 is 1.83 bits per heavy atom. The lowest BCUT2D eigenvalue weighted by molar-refractivity contribution is -0.121. The van der Waals surface area contributed by atoms with Crippen molar-refractivity contribution in [1.82, 2.24) is 0 Å². The van der Waals surface area contributed by atoms with Crippen LogP contribution in [0.25, 0.3) is 11.1 Å². The van der Waals surface area contributed by atoms with Crippen molar-refractivity contribution in [2.75, 3.05) is 11.9 Å². The van der Waals surface area contributed by atoms with Gasteiger partial charge in [0.05, 0.1) is 6.61 Å². The molecule has 1 N–H and O–H groups in total. The van der Waals surface area contributed by atoms with Crippen LogP contribution in [0.1, 0.15) is 69.2 Å². The minimum atomic E-state index is -0.475. The minimum absolute atomic E-state index is 0.0192. The Bertz CT molecular complexity index is 854. The lowest BCUT2D eigenvalue weighted by atomic mass is 9.79. The SMILES string of the molecule is CCCCC1CCC(C(=O)Nc2scc(-c3ccc(F)cc3)c2C(=O)OCC)CC1. The molecule has 1 aromatic heterocycles. The summed E-state index contributed by atoms with van der Waals surface area (Å²) in [6, 6.07) is 5.97. The molecule has 30 heavy (non-hydrogen) atoms. The van der Waals surface area contributed by atoms with Gasteiger partial charge in [0.1, 0.15) is 16.4 Å². The van der Waals surface area contributed by atoms with Crippen LogP contribution in [0.2, 0.25) is 0 Å². The van der Waals surface area contributed by atoms with Crippen LogP contribution in [0, 0.1) is 17.7 Å². The third-order valence-corrected chi connectivity index (χ3v) is 6.74. The zero-order valence-electron chi connectivity index (χ0n) is 17.7. The average Bonchev–Trinajstić information content (AvgIpc) is 3.16. The summed E-state index contributed by atoms with van der Waals surface area (Å²) in [4.78, 5) is 25.6. The maximum absolute atomic E-state index is 13.3. The van der Waals surface area contributed by atoms with Crippen molar-refractivity contribution < 1.29 is 18.7 Å². The van der Waals surface area contributed by atoms with E-state index in [1.54, 1.807) is 19.1 Å². The smallest absolute Gasteiger partial charge is 0.341 e. The predicted octanol–water partition coefficient (Wildman–Crippen LogP) is 6.67. The van der Waals surface area contributed by atoms with Crippen LogP contribution in [0.3, 0.4) is 0 Å². The van der Waals surface area contributed by atoms with Gasteiger partial charge in [-0.2, -0.15) is 0 Å². The highest BCUT2D eigenvalue weighted by atomic mass is 32.1. The molecule has 0 bridgehead atoms. The van der Waals surface area contributed by atoms with Crippen molar-refractivity contribution in [3.63, 3.8) is 0 Å². The molecular formula is C24H30FNO3S. The highest BCUT2D eigenvalue weighted by Gasteiger charge is 2.28. The van der Waals surface area contributed by atoms with Crippen LogP contribution in [0.5, 0.6) is 0 Å². The van der Waals surface area contributed by atoms with E-state index in [0.717, 1.165) is 31.6 Å². The van der Waals surface area contributed by atoms with Crippen molar-refractivity contribution in [3.8, 4) is 11.1 Å². The number of unbranched alkanes of at least 4 members (excludes halogenated alkanes) is 1. The number of benzene rings is 1. The second kappa shape index (κ2) is 10.7. The van der Waals surface area contributed by atoms with Gasteiger partial charge in [-0.1, -0.05) is 38.3 Å². The van der Waals surface area contributed by atoms with Gasteiger partial charge in [0.25, 0.3) is 0 Å². The van der Waals surface area contributed by atoms with E-state index in [1.807, 2.05) is 5.38 Å². The molecule has 0 unspecified atom stereocenters. The first-order chi connectivity index (χ1) is 14.5. The number of hydrogen-bond acceptors (Lipinski definition) is 4. The van der Waals surface area contributed by atoms with Gasteiger partial charge in [0, 0.05) is 16.9 Å². The number of hydrogen-bond donors (Lipinski definition) is 1. The number of nitrogens with one attached hydrogen (secondary N) is 1. The summed E-state index contributed by atoms with van der Waals surface area (Å²) in [5.41, 5.74) is 1.71. The van der Waals surface area contributed by atoms with Crippen molar-refractivity contribution >= 4 is 28.2 Å².